The third-order valence-corrected chi connectivity index (χ3v) is 5.69. The zero-order chi connectivity index (χ0) is 19.9. The Morgan fingerprint density at radius 2 is 1.75 bits per heavy atom. The molecule has 0 unspecified atom stereocenters. The van der Waals surface area contributed by atoms with Gasteiger partial charge in [-0.25, -0.2) is 0 Å². The lowest BCUT2D eigenvalue weighted by Gasteiger charge is -2.35. The lowest BCUT2D eigenvalue weighted by Crippen LogP contribution is -2.41. The minimum absolute atomic E-state index is 0.0148. The van der Waals surface area contributed by atoms with Gasteiger partial charge in [0.1, 0.15) is 5.75 Å². The van der Waals surface area contributed by atoms with E-state index in [0.29, 0.717) is 6.54 Å². The fraction of sp³-hybridized carbons (Fsp3) is 0.435. The number of nitrogens with zero attached hydrogens (tertiary/aromatic N) is 1. The summed E-state index contributed by atoms with van der Waals surface area (Å²) < 4.78 is 5.78. The van der Waals surface area contributed by atoms with E-state index >= 15 is 0 Å². The van der Waals surface area contributed by atoms with Gasteiger partial charge in [-0.15, -0.1) is 0 Å². The molecule has 1 saturated heterocycles. The van der Waals surface area contributed by atoms with Gasteiger partial charge in [0.15, 0.2) is 6.61 Å². The molecule has 2 aromatic rings. The number of hydrogen-bond acceptors (Lipinski definition) is 3. The molecule has 1 amide bonds. The van der Waals surface area contributed by atoms with Crippen LogP contribution in [0.3, 0.4) is 0 Å². The molecule has 0 aromatic heterocycles. The number of rotatable bonds is 7. The predicted molar refractivity (Wildman–Crippen MR) is 114 cm³/mol. The van der Waals surface area contributed by atoms with E-state index in [0.717, 1.165) is 40.6 Å². The van der Waals surface area contributed by atoms with Crippen LogP contribution in [0.25, 0.3) is 0 Å². The van der Waals surface area contributed by atoms with Gasteiger partial charge in [-0.1, -0.05) is 54.4 Å². The Morgan fingerprint density at radius 1 is 1.07 bits per heavy atom. The molecule has 1 N–H and O–H groups in total. The van der Waals surface area contributed by atoms with Crippen molar-refractivity contribution in [2.75, 3.05) is 26.2 Å². The molecule has 0 saturated carbocycles. The molecular weight excluding hydrogens is 372 g/mol. The van der Waals surface area contributed by atoms with Crippen molar-refractivity contribution in [1.82, 2.24) is 10.2 Å². The van der Waals surface area contributed by atoms with E-state index in [-0.39, 0.29) is 18.6 Å². The average Bonchev–Trinajstić information content (AvgIpc) is 2.70. The number of hydrogen-bond donors (Lipinski definition) is 1. The van der Waals surface area contributed by atoms with E-state index in [2.05, 4.69) is 16.3 Å². The number of nitrogens with one attached hydrogen (secondary N) is 1. The van der Waals surface area contributed by atoms with Crippen LogP contribution in [0.4, 0.5) is 0 Å². The summed E-state index contributed by atoms with van der Waals surface area (Å²) in [6.07, 6.45) is 3.64. The maximum absolute atomic E-state index is 12.5. The van der Waals surface area contributed by atoms with Crippen molar-refractivity contribution in [2.24, 2.45) is 0 Å². The van der Waals surface area contributed by atoms with Gasteiger partial charge in [-0.3, -0.25) is 9.69 Å². The van der Waals surface area contributed by atoms with Crippen LogP contribution in [-0.4, -0.2) is 37.0 Å². The monoisotopic (exact) mass is 400 g/mol. The molecule has 5 heteroatoms. The van der Waals surface area contributed by atoms with Crippen molar-refractivity contribution in [1.29, 1.82) is 0 Å². The van der Waals surface area contributed by atoms with Crippen molar-refractivity contribution in [3.05, 3.63) is 64.2 Å². The highest BCUT2D eigenvalue weighted by Gasteiger charge is 2.24. The van der Waals surface area contributed by atoms with E-state index in [1.54, 1.807) is 0 Å². The predicted octanol–water partition coefficient (Wildman–Crippen LogP) is 4.68. The van der Waals surface area contributed by atoms with Gasteiger partial charge >= 0.3 is 0 Å². The second-order valence-corrected chi connectivity index (χ2v) is 7.85. The molecule has 1 fully saturated rings. The summed E-state index contributed by atoms with van der Waals surface area (Å²) in [7, 11) is 0. The minimum atomic E-state index is -0.114. The second kappa shape index (κ2) is 9.94. The van der Waals surface area contributed by atoms with Crippen LogP contribution < -0.4 is 10.1 Å². The number of ether oxygens (including phenoxy) is 1. The van der Waals surface area contributed by atoms with Gasteiger partial charge in [0, 0.05) is 11.6 Å². The normalized spacial score (nSPS) is 15.8. The van der Waals surface area contributed by atoms with Gasteiger partial charge in [-0.05, 0) is 62.5 Å². The molecule has 28 heavy (non-hydrogen) atoms. The van der Waals surface area contributed by atoms with Crippen LogP contribution in [-0.2, 0) is 4.79 Å². The van der Waals surface area contributed by atoms with Gasteiger partial charge < -0.3 is 10.1 Å². The number of piperidine rings is 1. The fourth-order valence-corrected chi connectivity index (χ4v) is 4.10. The van der Waals surface area contributed by atoms with E-state index < -0.39 is 0 Å². The summed E-state index contributed by atoms with van der Waals surface area (Å²) in [5.41, 5.74) is 3.15. The van der Waals surface area contributed by atoms with Crippen LogP contribution in [0.1, 0.15) is 42.0 Å². The largest absolute Gasteiger partial charge is 0.483 e. The molecule has 150 valence electrons. The minimum Gasteiger partial charge on any atom is -0.483 e. The number of likely N-dealkylation sites (tertiary alicyclic amines) is 1. The third kappa shape index (κ3) is 5.27. The second-order valence-electron chi connectivity index (χ2n) is 7.45. The van der Waals surface area contributed by atoms with Crippen LogP contribution >= 0.6 is 11.6 Å². The summed E-state index contributed by atoms with van der Waals surface area (Å²) in [6, 6.07) is 14.0. The zero-order valence-electron chi connectivity index (χ0n) is 16.7. The Kier molecular flexibility index (Phi) is 7.35. The van der Waals surface area contributed by atoms with E-state index in [4.69, 9.17) is 16.3 Å². The first-order chi connectivity index (χ1) is 13.6. The Balaban J connectivity index is 1.63. The lowest BCUT2D eigenvalue weighted by molar-refractivity contribution is -0.123. The van der Waals surface area contributed by atoms with Gasteiger partial charge in [0.2, 0.25) is 0 Å². The maximum atomic E-state index is 12.5. The Morgan fingerprint density at radius 3 is 2.43 bits per heavy atom. The first-order valence-electron chi connectivity index (χ1n) is 10.0. The van der Waals surface area contributed by atoms with Crippen LogP contribution in [0, 0.1) is 13.8 Å². The van der Waals surface area contributed by atoms with Gasteiger partial charge in [0.05, 0.1) is 6.04 Å². The Labute approximate surface area is 172 Å². The number of halogens is 1. The maximum Gasteiger partial charge on any atom is 0.258 e. The molecular formula is C23H29ClN2O2. The quantitative estimate of drug-likeness (QED) is 0.733. The molecule has 3 rings (SSSR count). The molecule has 1 aliphatic heterocycles. The first kappa shape index (κ1) is 20.7. The van der Waals surface area contributed by atoms with Crippen LogP contribution in [0.15, 0.2) is 42.5 Å². The lowest BCUT2D eigenvalue weighted by atomic mass is 10.0. The number of carbonyl (C=O) groups excluding carboxylic acids is 1. The Bertz CT molecular complexity index is 783. The molecule has 1 heterocycles. The highest BCUT2D eigenvalue weighted by Crippen LogP contribution is 2.29. The number of carbonyl (C=O) groups is 1. The first-order valence-corrected chi connectivity index (χ1v) is 10.4. The van der Waals surface area contributed by atoms with Crippen molar-refractivity contribution < 1.29 is 9.53 Å². The summed E-state index contributed by atoms with van der Waals surface area (Å²) in [5.74, 6) is 0.674. The van der Waals surface area contributed by atoms with E-state index in [1.165, 1.54) is 19.3 Å². The van der Waals surface area contributed by atoms with E-state index in [1.807, 2.05) is 50.2 Å². The molecule has 0 spiro atoms. The summed E-state index contributed by atoms with van der Waals surface area (Å²) in [4.78, 5) is 14.9. The molecule has 2 aromatic carbocycles. The van der Waals surface area contributed by atoms with E-state index in [9.17, 15) is 4.79 Å². The number of amides is 1. The Hall–Kier alpha value is -2.04. The molecule has 0 aliphatic carbocycles. The van der Waals surface area contributed by atoms with Crippen LogP contribution in [0.2, 0.25) is 5.02 Å². The topological polar surface area (TPSA) is 41.6 Å². The highest BCUT2D eigenvalue weighted by atomic mass is 35.5. The molecule has 0 bridgehead atoms. The summed E-state index contributed by atoms with van der Waals surface area (Å²) >= 11 is 6.47. The third-order valence-electron chi connectivity index (χ3n) is 5.34. The number of aryl methyl sites for hydroxylation is 2. The molecule has 1 aliphatic rings. The SMILES string of the molecule is Cc1cccc(C)c1OCC(=O)NC[C@H](c1ccccc1Cl)N1CCCCC1. The average molecular weight is 401 g/mol. The van der Waals surface area contributed by atoms with Gasteiger partial charge in [0.25, 0.3) is 5.91 Å². The smallest absolute Gasteiger partial charge is 0.258 e. The summed E-state index contributed by atoms with van der Waals surface area (Å²) in [6.45, 7) is 6.59. The highest BCUT2D eigenvalue weighted by molar-refractivity contribution is 6.31. The molecule has 4 nitrogen and oxygen atoms in total. The van der Waals surface area contributed by atoms with Crippen LogP contribution in [0.5, 0.6) is 5.75 Å². The molecule has 1 atom stereocenters. The summed E-state index contributed by atoms with van der Waals surface area (Å²) in [5, 5.41) is 3.80. The zero-order valence-corrected chi connectivity index (χ0v) is 17.5. The number of para-hydroxylation sites is 1. The standard InChI is InChI=1S/C23H29ClN2O2/c1-17-9-8-10-18(2)23(17)28-16-22(27)25-15-21(26-13-6-3-7-14-26)19-11-4-5-12-20(19)24/h4-5,8-12,21H,3,6-7,13-16H2,1-2H3,(H,25,27)/t21-/m1/s1. The van der Waals surface area contributed by atoms with Crippen molar-refractivity contribution in [2.45, 2.75) is 39.2 Å². The van der Waals surface area contributed by atoms with Crippen molar-refractivity contribution in [3.63, 3.8) is 0 Å². The van der Waals surface area contributed by atoms with Crippen molar-refractivity contribution in [3.8, 4) is 5.75 Å². The fourth-order valence-electron chi connectivity index (χ4n) is 3.84. The van der Waals surface area contributed by atoms with Gasteiger partial charge in [-0.2, -0.15) is 0 Å². The molecule has 0 radical (unpaired) electrons. The number of benzene rings is 2. The van der Waals surface area contributed by atoms with Crippen molar-refractivity contribution >= 4 is 17.5 Å².